The summed E-state index contributed by atoms with van der Waals surface area (Å²) >= 11 is 0. The maximum Gasteiger partial charge on any atom is 0.356 e. The molecule has 2 aliphatic rings. The van der Waals surface area contributed by atoms with Crippen molar-refractivity contribution in [2.75, 3.05) is 37.6 Å². The molecule has 1 unspecified atom stereocenters. The fourth-order valence-corrected chi connectivity index (χ4v) is 4.24. The number of hydrogen-bond acceptors (Lipinski definition) is 5. The summed E-state index contributed by atoms with van der Waals surface area (Å²) < 4.78 is 1.11. The van der Waals surface area contributed by atoms with Crippen molar-refractivity contribution in [2.45, 2.75) is 32.4 Å². The first-order valence-electron chi connectivity index (χ1n) is 10.2. The molecule has 3 heterocycles. The molecule has 1 aromatic carbocycles. The molecule has 0 radical (unpaired) electrons. The predicted octanol–water partition coefficient (Wildman–Crippen LogP) is 2.36. The van der Waals surface area contributed by atoms with Crippen LogP contribution in [0.5, 0.6) is 0 Å². The molecule has 2 fully saturated rings. The second kappa shape index (κ2) is 8.24. The molecule has 4 rings (SSSR count). The van der Waals surface area contributed by atoms with Crippen LogP contribution >= 0.6 is 0 Å². The van der Waals surface area contributed by atoms with Crippen LogP contribution < -0.4 is 4.90 Å². The number of carboxylic acid groups (broad SMARTS) is 1. The summed E-state index contributed by atoms with van der Waals surface area (Å²) in [4.78, 5) is 30.1. The molecular formula is C21H27N5O3. The van der Waals surface area contributed by atoms with Gasteiger partial charge in [0, 0.05) is 57.2 Å². The summed E-state index contributed by atoms with van der Waals surface area (Å²) in [5.41, 5.74) is 2.54. The van der Waals surface area contributed by atoms with E-state index in [4.69, 9.17) is 5.11 Å². The number of aromatic carboxylic acids is 1. The summed E-state index contributed by atoms with van der Waals surface area (Å²) in [7, 11) is 0. The van der Waals surface area contributed by atoms with Crippen molar-refractivity contribution in [3.05, 3.63) is 47.8 Å². The Hall–Kier alpha value is -2.87. The minimum absolute atomic E-state index is 0.121. The lowest BCUT2D eigenvalue weighted by molar-refractivity contribution is 0.0689. The first-order chi connectivity index (χ1) is 14.0. The Morgan fingerprint density at radius 2 is 1.86 bits per heavy atom. The number of aromatic nitrogens is 2. The monoisotopic (exact) mass is 397 g/mol. The molecule has 1 N–H and O–H groups in total. The molecule has 0 spiro atoms. The average Bonchev–Trinajstić information content (AvgIpc) is 3.38. The van der Waals surface area contributed by atoms with Gasteiger partial charge in [-0.25, -0.2) is 9.59 Å². The third-order valence-corrected chi connectivity index (χ3v) is 5.89. The number of piperazine rings is 1. The molecule has 1 amide bonds. The molecule has 8 nitrogen and oxygen atoms in total. The lowest BCUT2D eigenvalue weighted by Gasteiger charge is -2.35. The first kappa shape index (κ1) is 19.4. The maximum absolute atomic E-state index is 12.6. The minimum atomic E-state index is -1.13. The number of rotatable bonds is 4. The van der Waals surface area contributed by atoms with Crippen molar-refractivity contribution in [1.29, 1.82) is 0 Å². The summed E-state index contributed by atoms with van der Waals surface area (Å²) in [5, 5.41) is 12.8. The number of amides is 1. The fourth-order valence-electron chi connectivity index (χ4n) is 4.24. The van der Waals surface area contributed by atoms with E-state index >= 15 is 0 Å². The Morgan fingerprint density at radius 3 is 2.52 bits per heavy atom. The van der Waals surface area contributed by atoms with E-state index in [0.29, 0.717) is 19.1 Å². The van der Waals surface area contributed by atoms with Crippen LogP contribution in [-0.4, -0.2) is 75.5 Å². The van der Waals surface area contributed by atoms with E-state index in [1.807, 2.05) is 0 Å². The smallest absolute Gasteiger partial charge is 0.356 e. The van der Waals surface area contributed by atoms with Crippen molar-refractivity contribution in [1.82, 2.24) is 19.6 Å². The van der Waals surface area contributed by atoms with Crippen LogP contribution in [0.3, 0.4) is 0 Å². The van der Waals surface area contributed by atoms with Crippen LogP contribution in [0.2, 0.25) is 0 Å². The van der Waals surface area contributed by atoms with E-state index in [9.17, 15) is 9.59 Å². The Morgan fingerprint density at radius 1 is 1.10 bits per heavy atom. The van der Waals surface area contributed by atoms with Gasteiger partial charge in [0.1, 0.15) is 0 Å². The van der Waals surface area contributed by atoms with Crippen molar-refractivity contribution >= 4 is 17.7 Å². The normalized spacial score (nSPS) is 20.2. The van der Waals surface area contributed by atoms with Gasteiger partial charge in [-0.3, -0.25) is 4.90 Å². The fraction of sp³-hybridized carbons (Fsp3) is 0.476. The predicted molar refractivity (Wildman–Crippen MR) is 109 cm³/mol. The molecular weight excluding hydrogens is 370 g/mol. The van der Waals surface area contributed by atoms with Gasteiger partial charge in [-0.05, 0) is 37.5 Å². The van der Waals surface area contributed by atoms with E-state index in [0.717, 1.165) is 30.9 Å². The van der Waals surface area contributed by atoms with Gasteiger partial charge in [-0.2, -0.15) is 9.78 Å². The zero-order valence-corrected chi connectivity index (χ0v) is 16.7. The lowest BCUT2D eigenvalue weighted by atomic mass is 10.1. The molecule has 1 aromatic heterocycles. The van der Waals surface area contributed by atoms with Crippen molar-refractivity contribution in [3.63, 3.8) is 0 Å². The summed E-state index contributed by atoms with van der Waals surface area (Å²) in [6.45, 7) is 7.03. The van der Waals surface area contributed by atoms with Gasteiger partial charge in [0.05, 0.1) is 0 Å². The average molecular weight is 397 g/mol. The third kappa shape index (κ3) is 4.12. The summed E-state index contributed by atoms with van der Waals surface area (Å²) in [6, 6.07) is 10.3. The molecule has 0 saturated carbocycles. The van der Waals surface area contributed by atoms with Gasteiger partial charge in [0.15, 0.2) is 5.69 Å². The number of nitrogens with zero attached hydrogens (tertiary/aromatic N) is 5. The van der Waals surface area contributed by atoms with Crippen LogP contribution in [0.4, 0.5) is 10.5 Å². The highest BCUT2D eigenvalue weighted by molar-refractivity contribution is 5.86. The maximum atomic E-state index is 12.6. The van der Waals surface area contributed by atoms with Crippen molar-refractivity contribution < 1.29 is 14.7 Å². The molecule has 29 heavy (non-hydrogen) atoms. The molecule has 0 bridgehead atoms. The lowest BCUT2D eigenvalue weighted by Crippen LogP contribution is -2.49. The number of carbonyl (C=O) groups is 2. The first-order valence-corrected chi connectivity index (χ1v) is 10.2. The number of carbonyl (C=O) groups excluding carboxylic acids is 1. The van der Waals surface area contributed by atoms with Crippen molar-refractivity contribution in [3.8, 4) is 0 Å². The third-order valence-electron chi connectivity index (χ3n) is 5.89. The van der Waals surface area contributed by atoms with E-state index < -0.39 is 5.97 Å². The van der Waals surface area contributed by atoms with Crippen molar-refractivity contribution in [2.24, 2.45) is 0 Å². The molecule has 1 atom stereocenters. The quantitative estimate of drug-likeness (QED) is 0.853. The zero-order chi connectivity index (χ0) is 20.4. The van der Waals surface area contributed by atoms with Gasteiger partial charge < -0.3 is 14.9 Å². The van der Waals surface area contributed by atoms with E-state index in [-0.39, 0.29) is 11.7 Å². The van der Waals surface area contributed by atoms with E-state index in [2.05, 4.69) is 46.1 Å². The Balaban J connectivity index is 1.37. The highest BCUT2D eigenvalue weighted by atomic mass is 16.4. The SMILES string of the molecule is CC1CCCN1c1ccccc1CN1CCN(C(=O)n2ccc(C(=O)O)n2)CC1. The molecule has 2 aromatic rings. The standard InChI is InChI=1S/C21H27N5O3/c1-16-5-4-9-25(16)19-7-3-2-6-17(19)15-23-11-13-24(14-12-23)21(29)26-10-8-18(22-26)20(27)28/h2-3,6-8,10,16H,4-5,9,11-15H2,1H3,(H,27,28). The number of anilines is 1. The van der Waals surface area contributed by atoms with Gasteiger partial charge in [0.2, 0.25) is 0 Å². The van der Waals surface area contributed by atoms with Crippen LogP contribution in [0.15, 0.2) is 36.5 Å². The van der Waals surface area contributed by atoms with Crippen LogP contribution in [0, 0.1) is 0 Å². The molecule has 8 heteroatoms. The Kier molecular flexibility index (Phi) is 5.53. The minimum Gasteiger partial charge on any atom is -0.476 e. The summed E-state index contributed by atoms with van der Waals surface area (Å²) in [5.74, 6) is -1.13. The van der Waals surface area contributed by atoms with Gasteiger partial charge in [0.25, 0.3) is 0 Å². The molecule has 2 saturated heterocycles. The molecule has 154 valence electrons. The van der Waals surface area contributed by atoms with Crippen LogP contribution in [-0.2, 0) is 6.54 Å². The molecule has 2 aliphatic heterocycles. The van der Waals surface area contributed by atoms with E-state index in [1.165, 1.54) is 36.4 Å². The zero-order valence-electron chi connectivity index (χ0n) is 16.7. The highest BCUT2D eigenvalue weighted by Crippen LogP contribution is 2.29. The Labute approximate surface area is 170 Å². The van der Waals surface area contributed by atoms with Crippen LogP contribution in [0.1, 0.15) is 35.8 Å². The van der Waals surface area contributed by atoms with Gasteiger partial charge >= 0.3 is 12.0 Å². The number of benzene rings is 1. The van der Waals surface area contributed by atoms with Gasteiger partial charge in [-0.1, -0.05) is 18.2 Å². The largest absolute Gasteiger partial charge is 0.476 e. The summed E-state index contributed by atoms with van der Waals surface area (Å²) in [6.07, 6.45) is 3.89. The second-order valence-electron chi connectivity index (χ2n) is 7.81. The molecule has 0 aliphatic carbocycles. The Bertz CT molecular complexity index is 888. The number of hydrogen-bond donors (Lipinski definition) is 1. The number of carboxylic acids is 1. The topological polar surface area (TPSA) is 81.9 Å². The van der Waals surface area contributed by atoms with E-state index in [1.54, 1.807) is 4.90 Å². The number of para-hydroxylation sites is 1. The highest BCUT2D eigenvalue weighted by Gasteiger charge is 2.26. The van der Waals surface area contributed by atoms with Crippen LogP contribution in [0.25, 0.3) is 0 Å². The van der Waals surface area contributed by atoms with Gasteiger partial charge in [-0.15, -0.1) is 0 Å². The second-order valence-corrected chi connectivity index (χ2v) is 7.81.